The number of hydrogen-bond donors (Lipinski definition) is 2. The lowest BCUT2D eigenvalue weighted by atomic mass is 9.97. The lowest BCUT2D eigenvalue weighted by molar-refractivity contribution is 0.0270. The predicted molar refractivity (Wildman–Crippen MR) is 127 cm³/mol. The molecule has 1 aliphatic heterocycles. The number of nitrogens with one attached hydrogen (secondary N) is 2. The average Bonchev–Trinajstić information content (AvgIpc) is 2.79. The first-order valence-electron chi connectivity index (χ1n) is 10.7. The van der Waals surface area contributed by atoms with Crippen molar-refractivity contribution >= 4 is 40.1 Å². The number of anilines is 2. The van der Waals surface area contributed by atoms with Gasteiger partial charge < -0.3 is 15.0 Å². The van der Waals surface area contributed by atoms with Gasteiger partial charge in [-0.1, -0.05) is 12.1 Å². The Kier molecular flexibility index (Phi) is 6.21. The predicted octanol–water partition coefficient (Wildman–Crippen LogP) is 4.69. The summed E-state index contributed by atoms with van der Waals surface area (Å²) in [6, 6.07) is 7.28. The Morgan fingerprint density at radius 1 is 1.06 bits per heavy atom. The molecule has 170 valence electrons. The van der Waals surface area contributed by atoms with Gasteiger partial charge in [0.2, 0.25) is 0 Å². The zero-order valence-electron chi connectivity index (χ0n) is 18.8. The van der Waals surface area contributed by atoms with Gasteiger partial charge in [0, 0.05) is 37.1 Å². The van der Waals surface area contributed by atoms with Gasteiger partial charge in [0.1, 0.15) is 5.60 Å². The maximum Gasteiger partial charge on any atom is 0.410 e. The molecule has 4 rings (SSSR count). The third-order valence-corrected chi connectivity index (χ3v) is 5.03. The highest BCUT2D eigenvalue weighted by Gasteiger charge is 2.24. The fraction of sp³-hybridized carbons (Fsp3) is 0.292. The summed E-state index contributed by atoms with van der Waals surface area (Å²) in [5.41, 5.74) is 3.04. The van der Waals surface area contributed by atoms with Crippen LogP contribution in [0.2, 0.25) is 0 Å². The lowest BCUT2D eigenvalue weighted by Gasteiger charge is -2.29. The summed E-state index contributed by atoms with van der Waals surface area (Å²) in [5, 5.41) is 6.34. The standard InChI is InChI=1S/C24H26N6O3/c1-24(2,3)33-23(32)30-12-7-16(8-13-30)17-4-5-19-18(14-17)20(6-9-26-19)28-22(31)29-21-15-25-10-11-27-21/h4-7,9-11,14-15H,8,12-13H2,1-3H3,(H2,26,27,28,29,31). The van der Waals surface area contributed by atoms with E-state index in [1.165, 1.54) is 18.6 Å². The zero-order valence-corrected chi connectivity index (χ0v) is 18.8. The highest BCUT2D eigenvalue weighted by atomic mass is 16.6. The van der Waals surface area contributed by atoms with Gasteiger partial charge in [-0.15, -0.1) is 0 Å². The van der Waals surface area contributed by atoms with Crippen molar-refractivity contribution in [2.45, 2.75) is 32.8 Å². The van der Waals surface area contributed by atoms with Crippen LogP contribution in [0.15, 0.2) is 55.1 Å². The number of amides is 3. The maximum atomic E-state index is 12.4. The number of carbonyl (C=O) groups is 2. The quantitative estimate of drug-likeness (QED) is 0.604. The summed E-state index contributed by atoms with van der Waals surface area (Å²) >= 11 is 0. The Hall–Kier alpha value is -4.01. The molecular weight excluding hydrogens is 420 g/mol. The molecular formula is C24H26N6O3. The molecule has 0 unspecified atom stereocenters. The monoisotopic (exact) mass is 446 g/mol. The second-order valence-electron chi connectivity index (χ2n) is 8.67. The van der Waals surface area contributed by atoms with Gasteiger partial charge in [-0.3, -0.25) is 15.3 Å². The highest BCUT2D eigenvalue weighted by Crippen LogP contribution is 2.29. The fourth-order valence-corrected chi connectivity index (χ4v) is 3.51. The zero-order chi connectivity index (χ0) is 23.4. The molecule has 0 spiro atoms. The van der Waals surface area contributed by atoms with Gasteiger partial charge >= 0.3 is 12.1 Å². The van der Waals surface area contributed by atoms with E-state index >= 15 is 0 Å². The fourth-order valence-electron chi connectivity index (χ4n) is 3.51. The molecule has 3 heterocycles. The Labute approximate surface area is 191 Å². The van der Waals surface area contributed by atoms with Crippen molar-refractivity contribution in [3.8, 4) is 0 Å². The van der Waals surface area contributed by atoms with Gasteiger partial charge in [-0.05, 0) is 56.5 Å². The second-order valence-corrected chi connectivity index (χ2v) is 8.67. The minimum Gasteiger partial charge on any atom is -0.444 e. The largest absolute Gasteiger partial charge is 0.444 e. The smallest absolute Gasteiger partial charge is 0.410 e. The van der Waals surface area contributed by atoms with E-state index < -0.39 is 11.6 Å². The molecule has 9 nitrogen and oxygen atoms in total. The van der Waals surface area contributed by atoms with E-state index in [0.29, 0.717) is 31.0 Å². The number of rotatable bonds is 3. The normalized spacial score (nSPS) is 13.9. The van der Waals surface area contributed by atoms with E-state index in [-0.39, 0.29) is 6.09 Å². The third kappa shape index (κ3) is 5.62. The van der Waals surface area contributed by atoms with Gasteiger partial charge in [-0.25, -0.2) is 14.6 Å². The van der Waals surface area contributed by atoms with Crippen LogP contribution in [0.4, 0.5) is 21.1 Å². The van der Waals surface area contributed by atoms with Crippen LogP contribution in [0, 0.1) is 0 Å². The molecule has 1 aliphatic rings. The summed E-state index contributed by atoms with van der Waals surface area (Å²) in [5.74, 6) is 0.357. The Morgan fingerprint density at radius 3 is 2.61 bits per heavy atom. The molecule has 0 saturated carbocycles. The SMILES string of the molecule is CC(C)(C)OC(=O)N1CC=C(c2ccc3nccc(NC(=O)Nc4cnccn4)c3c2)CC1. The second kappa shape index (κ2) is 9.23. The summed E-state index contributed by atoms with van der Waals surface area (Å²) in [6.45, 7) is 6.65. The van der Waals surface area contributed by atoms with Crippen molar-refractivity contribution in [2.75, 3.05) is 23.7 Å². The first kappa shape index (κ1) is 22.2. The van der Waals surface area contributed by atoms with Crippen LogP contribution in [-0.2, 0) is 4.74 Å². The molecule has 0 radical (unpaired) electrons. The summed E-state index contributed by atoms with van der Waals surface area (Å²) in [6.07, 6.45) is 8.61. The Morgan fingerprint density at radius 2 is 1.91 bits per heavy atom. The molecule has 0 atom stereocenters. The summed E-state index contributed by atoms with van der Waals surface area (Å²) in [4.78, 5) is 38.8. The van der Waals surface area contributed by atoms with Crippen molar-refractivity contribution < 1.29 is 14.3 Å². The molecule has 33 heavy (non-hydrogen) atoms. The van der Waals surface area contributed by atoms with Crippen LogP contribution in [0.25, 0.3) is 16.5 Å². The molecule has 0 bridgehead atoms. The summed E-state index contributed by atoms with van der Waals surface area (Å²) < 4.78 is 5.47. The molecule has 1 aromatic carbocycles. The van der Waals surface area contributed by atoms with Gasteiger partial charge in [0.05, 0.1) is 17.4 Å². The van der Waals surface area contributed by atoms with E-state index in [1.54, 1.807) is 17.2 Å². The van der Waals surface area contributed by atoms with E-state index in [2.05, 4.69) is 25.6 Å². The number of benzene rings is 1. The van der Waals surface area contributed by atoms with E-state index in [4.69, 9.17) is 4.74 Å². The van der Waals surface area contributed by atoms with Crippen LogP contribution in [-0.4, -0.2) is 50.7 Å². The van der Waals surface area contributed by atoms with Crippen LogP contribution in [0.1, 0.15) is 32.8 Å². The highest BCUT2D eigenvalue weighted by molar-refractivity contribution is 6.05. The number of fused-ring (bicyclic) bond motifs is 1. The Bertz CT molecular complexity index is 1200. The van der Waals surface area contributed by atoms with E-state index in [9.17, 15) is 9.59 Å². The molecule has 3 amide bonds. The number of aromatic nitrogens is 3. The number of carbonyl (C=O) groups excluding carboxylic acids is 2. The van der Waals surface area contributed by atoms with Crippen molar-refractivity contribution in [3.63, 3.8) is 0 Å². The van der Waals surface area contributed by atoms with Crippen LogP contribution in [0.5, 0.6) is 0 Å². The first-order valence-corrected chi connectivity index (χ1v) is 10.7. The molecule has 9 heteroatoms. The lowest BCUT2D eigenvalue weighted by Crippen LogP contribution is -2.39. The van der Waals surface area contributed by atoms with E-state index in [1.807, 2.05) is 45.0 Å². The van der Waals surface area contributed by atoms with Crippen LogP contribution >= 0.6 is 0 Å². The molecule has 2 aromatic heterocycles. The van der Waals surface area contributed by atoms with Crippen LogP contribution < -0.4 is 10.6 Å². The molecule has 0 fully saturated rings. The van der Waals surface area contributed by atoms with Crippen molar-refractivity contribution in [3.05, 3.63) is 60.7 Å². The van der Waals surface area contributed by atoms with Crippen molar-refractivity contribution in [1.29, 1.82) is 0 Å². The van der Waals surface area contributed by atoms with Crippen molar-refractivity contribution in [2.24, 2.45) is 0 Å². The minimum atomic E-state index is -0.519. The number of ether oxygens (including phenoxy) is 1. The molecule has 3 aromatic rings. The number of hydrogen-bond acceptors (Lipinski definition) is 6. The number of pyridine rings is 1. The van der Waals surface area contributed by atoms with Crippen LogP contribution in [0.3, 0.4) is 0 Å². The minimum absolute atomic E-state index is 0.305. The van der Waals surface area contributed by atoms with Gasteiger partial charge in [-0.2, -0.15) is 0 Å². The molecule has 0 saturated heterocycles. The summed E-state index contributed by atoms with van der Waals surface area (Å²) in [7, 11) is 0. The van der Waals surface area contributed by atoms with Crippen molar-refractivity contribution in [1.82, 2.24) is 19.9 Å². The first-order chi connectivity index (χ1) is 15.8. The van der Waals surface area contributed by atoms with Gasteiger partial charge in [0.25, 0.3) is 0 Å². The maximum absolute atomic E-state index is 12.4. The number of nitrogens with zero attached hydrogens (tertiary/aromatic N) is 4. The number of urea groups is 1. The third-order valence-electron chi connectivity index (χ3n) is 5.03. The average molecular weight is 447 g/mol. The molecule has 2 N–H and O–H groups in total. The molecule has 0 aliphatic carbocycles. The Balaban J connectivity index is 1.51. The topological polar surface area (TPSA) is 109 Å². The van der Waals surface area contributed by atoms with Gasteiger partial charge in [0.15, 0.2) is 5.82 Å². The van der Waals surface area contributed by atoms with E-state index in [0.717, 1.165) is 22.0 Å².